The quantitative estimate of drug-likeness (QED) is 0.430. The maximum Gasteiger partial charge on any atom is 0.175 e. The fourth-order valence-electron chi connectivity index (χ4n) is 2.36. The molecule has 1 aromatic heterocycles. The first kappa shape index (κ1) is 17.7. The van der Waals surface area contributed by atoms with Gasteiger partial charge in [0.05, 0.1) is 21.3 Å². The fraction of sp³-hybridized carbons (Fsp3) is 0.150. The van der Waals surface area contributed by atoms with E-state index < -0.39 is 0 Å². The first-order valence-electron chi connectivity index (χ1n) is 7.95. The number of halogens is 1. The van der Waals surface area contributed by atoms with Gasteiger partial charge in [-0.15, -0.1) is 11.3 Å². The number of ether oxygens (including phenoxy) is 2. The minimum absolute atomic E-state index is 0.430. The van der Waals surface area contributed by atoms with E-state index in [1.54, 1.807) is 17.4 Å². The molecule has 0 bridgehead atoms. The predicted molar refractivity (Wildman–Crippen MR) is 110 cm³/mol. The summed E-state index contributed by atoms with van der Waals surface area (Å²) in [4.78, 5) is 4.62. The van der Waals surface area contributed by atoms with Gasteiger partial charge < -0.3 is 9.47 Å². The first-order chi connectivity index (χ1) is 12.2. The van der Waals surface area contributed by atoms with Crippen LogP contribution in [0.1, 0.15) is 17.5 Å². The van der Waals surface area contributed by atoms with Crippen LogP contribution in [0.4, 0.5) is 0 Å². The second-order valence-electron chi connectivity index (χ2n) is 5.22. The third kappa shape index (κ3) is 4.30. The lowest BCUT2D eigenvalue weighted by Gasteiger charge is -2.13. The lowest BCUT2D eigenvalue weighted by molar-refractivity contribution is 0.295. The highest BCUT2D eigenvalue weighted by atomic mass is 79.9. The van der Waals surface area contributed by atoms with E-state index in [0.717, 1.165) is 20.6 Å². The number of aromatic nitrogens is 1. The maximum atomic E-state index is 5.72. The van der Waals surface area contributed by atoms with Gasteiger partial charge in [-0.3, -0.25) is 0 Å². The summed E-state index contributed by atoms with van der Waals surface area (Å²) in [6, 6.07) is 12.1. The predicted octanol–water partition coefficient (Wildman–Crippen LogP) is 6.19. The Morgan fingerprint density at radius 2 is 2.04 bits per heavy atom. The smallest absolute Gasteiger partial charge is 0.175 e. The third-order valence-electron chi connectivity index (χ3n) is 3.41. The SMILES string of the molecule is C=CCOc1c(Br)cc(/C=C/c2nc3ccccc3s2)cc1OCC. The zero-order chi connectivity index (χ0) is 17.6. The molecule has 0 spiro atoms. The van der Waals surface area contributed by atoms with Crippen LogP contribution in [0.25, 0.3) is 22.4 Å². The highest BCUT2D eigenvalue weighted by molar-refractivity contribution is 9.10. The Labute approximate surface area is 159 Å². The molecule has 0 aliphatic carbocycles. The minimum Gasteiger partial charge on any atom is -0.490 e. The molecule has 0 atom stereocenters. The van der Waals surface area contributed by atoms with E-state index >= 15 is 0 Å². The zero-order valence-electron chi connectivity index (χ0n) is 13.9. The van der Waals surface area contributed by atoms with Crippen molar-refractivity contribution in [3.05, 3.63) is 64.1 Å². The Morgan fingerprint density at radius 3 is 2.80 bits per heavy atom. The van der Waals surface area contributed by atoms with E-state index in [1.807, 2.05) is 49.4 Å². The van der Waals surface area contributed by atoms with Gasteiger partial charge in [-0.05, 0) is 58.8 Å². The molecule has 0 saturated carbocycles. The molecule has 25 heavy (non-hydrogen) atoms. The van der Waals surface area contributed by atoms with Crippen LogP contribution >= 0.6 is 27.3 Å². The van der Waals surface area contributed by atoms with E-state index in [9.17, 15) is 0 Å². The van der Waals surface area contributed by atoms with E-state index in [0.29, 0.717) is 24.7 Å². The summed E-state index contributed by atoms with van der Waals surface area (Å²) in [5, 5.41) is 0.974. The van der Waals surface area contributed by atoms with Crippen LogP contribution in [0.15, 0.2) is 53.5 Å². The van der Waals surface area contributed by atoms with Crippen molar-refractivity contribution < 1.29 is 9.47 Å². The van der Waals surface area contributed by atoms with Crippen LogP contribution in [0, 0.1) is 0 Å². The Kier molecular flexibility index (Phi) is 5.89. The summed E-state index contributed by atoms with van der Waals surface area (Å²) < 4.78 is 13.5. The lowest BCUT2D eigenvalue weighted by Crippen LogP contribution is -2.00. The van der Waals surface area contributed by atoms with Gasteiger partial charge in [-0.1, -0.05) is 30.9 Å². The van der Waals surface area contributed by atoms with Gasteiger partial charge in [0.15, 0.2) is 11.5 Å². The van der Waals surface area contributed by atoms with E-state index in [4.69, 9.17) is 9.47 Å². The van der Waals surface area contributed by atoms with Crippen molar-refractivity contribution in [3.63, 3.8) is 0 Å². The molecule has 2 aromatic carbocycles. The van der Waals surface area contributed by atoms with Crippen LogP contribution in [0.5, 0.6) is 11.5 Å². The molecule has 3 aromatic rings. The molecule has 5 heteroatoms. The van der Waals surface area contributed by atoms with Gasteiger partial charge >= 0.3 is 0 Å². The molecule has 0 aliphatic rings. The van der Waals surface area contributed by atoms with E-state index in [1.165, 1.54) is 4.70 Å². The average molecular weight is 416 g/mol. The molecule has 128 valence electrons. The number of para-hydroxylation sites is 1. The number of benzene rings is 2. The largest absolute Gasteiger partial charge is 0.490 e. The summed E-state index contributed by atoms with van der Waals surface area (Å²) in [6.07, 6.45) is 5.76. The summed E-state index contributed by atoms with van der Waals surface area (Å²) in [6.45, 7) is 6.64. The van der Waals surface area contributed by atoms with Gasteiger partial charge in [-0.2, -0.15) is 0 Å². The van der Waals surface area contributed by atoms with Gasteiger partial charge in [0.25, 0.3) is 0 Å². The van der Waals surface area contributed by atoms with Crippen LogP contribution in [-0.4, -0.2) is 18.2 Å². The van der Waals surface area contributed by atoms with Crippen LogP contribution in [-0.2, 0) is 0 Å². The fourth-order valence-corrected chi connectivity index (χ4v) is 3.80. The van der Waals surface area contributed by atoms with Crippen molar-refractivity contribution in [1.82, 2.24) is 4.98 Å². The van der Waals surface area contributed by atoms with Crippen molar-refractivity contribution >= 4 is 49.6 Å². The molecular weight excluding hydrogens is 398 g/mol. The maximum absolute atomic E-state index is 5.72. The van der Waals surface area contributed by atoms with Gasteiger partial charge in [0.2, 0.25) is 0 Å². The summed E-state index contributed by atoms with van der Waals surface area (Å²) in [5.41, 5.74) is 2.04. The Morgan fingerprint density at radius 1 is 1.20 bits per heavy atom. The molecule has 0 aliphatic heterocycles. The van der Waals surface area contributed by atoms with Gasteiger partial charge in [0, 0.05) is 0 Å². The normalized spacial score (nSPS) is 11.1. The lowest BCUT2D eigenvalue weighted by atomic mass is 10.2. The van der Waals surface area contributed by atoms with Gasteiger partial charge in [0.1, 0.15) is 11.6 Å². The molecule has 3 rings (SSSR count). The summed E-state index contributed by atoms with van der Waals surface area (Å²) in [5.74, 6) is 1.40. The number of hydrogen-bond acceptors (Lipinski definition) is 4. The molecule has 0 amide bonds. The molecular formula is C20H18BrNO2S. The summed E-state index contributed by atoms with van der Waals surface area (Å²) >= 11 is 5.24. The number of thiazole rings is 1. The first-order valence-corrected chi connectivity index (χ1v) is 9.56. The third-order valence-corrected chi connectivity index (χ3v) is 5.00. The second-order valence-corrected chi connectivity index (χ2v) is 7.13. The Bertz CT molecular complexity index is 884. The van der Waals surface area contributed by atoms with Crippen molar-refractivity contribution in [1.29, 1.82) is 0 Å². The topological polar surface area (TPSA) is 31.4 Å². The number of hydrogen-bond donors (Lipinski definition) is 0. The monoisotopic (exact) mass is 415 g/mol. The minimum atomic E-state index is 0.430. The highest BCUT2D eigenvalue weighted by Crippen LogP contribution is 2.37. The van der Waals surface area contributed by atoms with Crippen LogP contribution in [0.2, 0.25) is 0 Å². The Hall–Kier alpha value is -2.11. The highest BCUT2D eigenvalue weighted by Gasteiger charge is 2.11. The van der Waals surface area contributed by atoms with Crippen molar-refractivity contribution in [2.24, 2.45) is 0 Å². The molecule has 0 unspecified atom stereocenters. The van der Waals surface area contributed by atoms with Crippen molar-refractivity contribution in [2.45, 2.75) is 6.92 Å². The molecule has 1 heterocycles. The average Bonchev–Trinajstić information content (AvgIpc) is 3.02. The second kappa shape index (κ2) is 8.32. The van der Waals surface area contributed by atoms with E-state index in [2.05, 4.69) is 33.6 Å². The number of nitrogens with zero attached hydrogens (tertiary/aromatic N) is 1. The van der Waals surface area contributed by atoms with Crippen LogP contribution < -0.4 is 9.47 Å². The number of fused-ring (bicyclic) bond motifs is 1. The summed E-state index contributed by atoms with van der Waals surface area (Å²) in [7, 11) is 0. The van der Waals surface area contributed by atoms with E-state index in [-0.39, 0.29) is 0 Å². The standard InChI is InChI=1S/C20H18BrNO2S/c1-3-11-24-20-15(21)12-14(13-17(20)23-4-2)9-10-19-22-16-7-5-6-8-18(16)25-19/h3,5-10,12-13H,1,4,11H2,2H3/b10-9+. The Balaban J connectivity index is 1.89. The molecule has 0 saturated heterocycles. The van der Waals surface area contributed by atoms with Gasteiger partial charge in [-0.25, -0.2) is 4.98 Å². The zero-order valence-corrected chi connectivity index (χ0v) is 16.3. The van der Waals surface area contributed by atoms with Crippen molar-refractivity contribution in [2.75, 3.05) is 13.2 Å². The molecule has 3 nitrogen and oxygen atoms in total. The molecule has 0 N–H and O–H groups in total. The van der Waals surface area contributed by atoms with Crippen LogP contribution in [0.3, 0.4) is 0 Å². The number of rotatable bonds is 7. The van der Waals surface area contributed by atoms with Crippen molar-refractivity contribution in [3.8, 4) is 11.5 Å². The molecule has 0 fully saturated rings. The molecule has 0 radical (unpaired) electrons.